The molecule has 0 amide bonds. The van der Waals surface area contributed by atoms with Gasteiger partial charge in [0.25, 0.3) is 0 Å². The molecule has 4 nitrogen and oxygen atoms in total. The van der Waals surface area contributed by atoms with Gasteiger partial charge in [0.05, 0.1) is 0 Å². The molecule has 0 aromatic carbocycles. The van der Waals surface area contributed by atoms with E-state index >= 15 is 0 Å². The van der Waals surface area contributed by atoms with Gasteiger partial charge in [-0.25, -0.2) is 4.98 Å². The molecular formula is C14H26N4. The minimum Gasteiger partial charge on any atom is -0.373 e. The average molecular weight is 250 g/mol. The monoisotopic (exact) mass is 250 g/mol. The van der Waals surface area contributed by atoms with Crippen LogP contribution in [0.4, 0.5) is 5.82 Å². The number of likely N-dealkylation sites (N-methyl/N-ethyl adjacent to an activating group) is 2. The zero-order chi connectivity index (χ0) is 13.5. The maximum atomic E-state index is 4.36. The lowest BCUT2D eigenvalue weighted by Crippen LogP contribution is -2.39. The maximum Gasteiger partial charge on any atom is 0.125 e. The lowest BCUT2D eigenvalue weighted by molar-refractivity contribution is 0.174. The van der Waals surface area contributed by atoms with Crippen molar-refractivity contribution < 1.29 is 0 Å². The van der Waals surface area contributed by atoms with E-state index in [1.54, 1.807) is 0 Å². The molecule has 0 spiro atoms. The van der Waals surface area contributed by atoms with Crippen LogP contribution < -0.4 is 5.32 Å². The Labute approximate surface area is 111 Å². The summed E-state index contributed by atoms with van der Waals surface area (Å²) >= 11 is 0. The molecule has 0 saturated carbocycles. The lowest BCUT2D eigenvalue weighted by atomic mass is 10.2. The van der Waals surface area contributed by atoms with E-state index in [0.717, 1.165) is 25.5 Å². The number of nitrogens with zero attached hydrogens (tertiary/aromatic N) is 3. The van der Waals surface area contributed by atoms with E-state index in [0.29, 0.717) is 6.04 Å². The van der Waals surface area contributed by atoms with Gasteiger partial charge in [-0.1, -0.05) is 13.0 Å². The zero-order valence-electron chi connectivity index (χ0n) is 12.3. The molecule has 1 rings (SSSR count). The number of hydrogen-bond donors (Lipinski definition) is 1. The Morgan fingerprint density at radius 2 is 2.06 bits per heavy atom. The van der Waals surface area contributed by atoms with Crippen molar-refractivity contribution in [2.45, 2.75) is 26.4 Å². The van der Waals surface area contributed by atoms with Gasteiger partial charge in [0, 0.05) is 32.4 Å². The van der Waals surface area contributed by atoms with Crippen molar-refractivity contribution in [1.82, 2.24) is 14.8 Å². The third kappa shape index (κ3) is 4.63. The minimum absolute atomic E-state index is 0.550. The summed E-state index contributed by atoms with van der Waals surface area (Å²) in [5.74, 6) is 0.920. The van der Waals surface area contributed by atoms with Gasteiger partial charge in [0.2, 0.25) is 0 Å². The number of anilines is 1. The number of rotatable bonds is 7. The largest absolute Gasteiger partial charge is 0.373 e. The van der Waals surface area contributed by atoms with Crippen LogP contribution in [0.5, 0.6) is 0 Å². The van der Waals surface area contributed by atoms with Gasteiger partial charge in [-0.2, -0.15) is 0 Å². The average Bonchev–Trinajstić information content (AvgIpc) is 2.35. The molecule has 0 fully saturated rings. The zero-order valence-corrected chi connectivity index (χ0v) is 12.3. The maximum absolute atomic E-state index is 4.36. The summed E-state index contributed by atoms with van der Waals surface area (Å²) in [5.41, 5.74) is 1.27. The highest BCUT2D eigenvalue weighted by atomic mass is 15.2. The van der Waals surface area contributed by atoms with Crippen molar-refractivity contribution >= 4 is 5.82 Å². The van der Waals surface area contributed by atoms with Gasteiger partial charge in [-0.05, 0) is 39.2 Å². The summed E-state index contributed by atoms with van der Waals surface area (Å²) in [6.45, 7) is 7.58. The fourth-order valence-corrected chi connectivity index (χ4v) is 2.12. The van der Waals surface area contributed by atoms with Crippen LogP contribution in [-0.2, 0) is 6.54 Å². The number of nitrogens with one attached hydrogen (secondary N) is 1. The molecule has 1 aromatic heterocycles. The Hall–Kier alpha value is -1.13. The van der Waals surface area contributed by atoms with E-state index in [4.69, 9.17) is 0 Å². The summed E-state index contributed by atoms with van der Waals surface area (Å²) in [4.78, 5) is 9.06. The van der Waals surface area contributed by atoms with E-state index in [1.807, 2.05) is 19.3 Å². The standard InChI is InChI=1S/C14H26N4/c1-6-18(12(2)10-17(4)5)11-13-7-8-14(15-3)16-9-13/h7-9,12H,6,10-11H2,1-5H3,(H,15,16). The lowest BCUT2D eigenvalue weighted by Gasteiger charge is -2.29. The van der Waals surface area contributed by atoms with E-state index in [1.165, 1.54) is 5.56 Å². The van der Waals surface area contributed by atoms with Crippen LogP contribution in [0.3, 0.4) is 0 Å². The van der Waals surface area contributed by atoms with Crippen molar-refractivity contribution in [2.75, 3.05) is 39.5 Å². The van der Waals surface area contributed by atoms with Gasteiger partial charge in [0.1, 0.15) is 5.82 Å². The Morgan fingerprint density at radius 3 is 2.50 bits per heavy atom. The predicted molar refractivity (Wildman–Crippen MR) is 77.9 cm³/mol. The molecule has 1 aromatic rings. The molecule has 1 N–H and O–H groups in total. The molecule has 0 bridgehead atoms. The third-order valence-electron chi connectivity index (χ3n) is 3.13. The van der Waals surface area contributed by atoms with Crippen LogP contribution >= 0.6 is 0 Å². The molecule has 102 valence electrons. The van der Waals surface area contributed by atoms with E-state index in [2.05, 4.69) is 54.1 Å². The molecule has 4 heteroatoms. The Kier molecular flexibility index (Phi) is 6.09. The second-order valence-electron chi connectivity index (χ2n) is 4.98. The van der Waals surface area contributed by atoms with Gasteiger partial charge in [-0.15, -0.1) is 0 Å². The fourth-order valence-electron chi connectivity index (χ4n) is 2.12. The van der Waals surface area contributed by atoms with Crippen LogP contribution in [-0.4, -0.2) is 55.1 Å². The molecule has 0 aliphatic heterocycles. The molecule has 18 heavy (non-hydrogen) atoms. The molecule has 1 unspecified atom stereocenters. The number of hydrogen-bond acceptors (Lipinski definition) is 4. The molecular weight excluding hydrogens is 224 g/mol. The Morgan fingerprint density at radius 1 is 1.33 bits per heavy atom. The van der Waals surface area contributed by atoms with Gasteiger partial charge < -0.3 is 10.2 Å². The van der Waals surface area contributed by atoms with Gasteiger partial charge in [0.15, 0.2) is 0 Å². The van der Waals surface area contributed by atoms with Crippen LogP contribution in [0.15, 0.2) is 18.3 Å². The van der Waals surface area contributed by atoms with Crippen LogP contribution in [0, 0.1) is 0 Å². The first-order valence-electron chi connectivity index (χ1n) is 6.58. The summed E-state index contributed by atoms with van der Waals surface area (Å²) in [6, 6.07) is 4.72. The molecule has 0 aliphatic carbocycles. The second kappa shape index (κ2) is 7.34. The molecule has 0 saturated heterocycles. The first-order valence-corrected chi connectivity index (χ1v) is 6.58. The summed E-state index contributed by atoms with van der Waals surface area (Å²) in [7, 11) is 6.13. The van der Waals surface area contributed by atoms with E-state index in [9.17, 15) is 0 Å². The topological polar surface area (TPSA) is 31.4 Å². The SMILES string of the molecule is CCN(Cc1ccc(NC)nc1)C(C)CN(C)C. The summed E-state index contributed by atoms with van der Waals surface area (Å²) in [6.07, 6.45) is 1.96. The van der Waals surface area contributed by atoms with Crippen molar-refractivity contribution in [3.63, 3.8) is 0 Å². The molecule has 1 heterocycles. The summed E-state index contributed by atoms with van der Waals surface area (Å²) in [5, 5.41) is 3.04. The summed E-state index contributed by atoms with van der Waals surface area (Å²) < 4.78 is 0. The number of aromatic nitrogens is 1. The third-order valence-corrected chi connectivity index (χ3v) is 3.13. The van der Waals surface area contributed by atoms with Gasteiger partial charge >= 0.3 is 0 Å². The van der Waals surface area contributed by atoms with Crippen LogP contribution in [0.2, 0.25) is 0 Å². The Bertz CT molecular complexity index is 334. The first kappa shape index (κ1) is 14.9. The predicted octanol–water partition coefficient (Wildman–Crippen LogP) is 1.90. The molecule has 0 radical (unpaired) electrons. The second-order valence-corrected chi connectivity index (χ2v) is 4.98. The highest BCUT2D eigenvalue weighted by Crippen LogP contribution is 2.10. The van der Waals surface area contributed by atoms with Crippen LogP contribution in [0.1, 0.15) is 19.4 Å². The van der Waals surface area contributed by atoms with Gasteiger partial charge in [-0.3, -0.25) is 4.90 Å². The van der Waals surface area contributed by atoms with Crippen molar-refractivity contribution in [2.24, 2.45) is 0 Å². The fraction of sp³-hybridized carbons (Fsp3) is 0.643. The van der Waals surface area contributed by atoms with Crippen molar-refractivity contribution in [3.05, 3.63) is 23.9 Å². The Balaban J connectivity index is 2.61. The van der Waals surface area contributed by atoms with Crippen molar-refractivity contribution in [3.8, 4) is 0 Å². The highest BCUT2D eigenvalue weighted by Gasteiger charge is 2.13. The molecule has 0 aliphatic rings. The number of pyridine rings is 1. The molecule has 1 atom stereocenters. The highest BCUT2D eigenvalue weighted by molar-refractivity contribution is 5.34. The smallest absolute Gasteiger partial charge is 0.125 e. The minimum atomic E-state index is 0.550. The normalized spacial score (nSPS) is 13.1. The van der Waals surface area contributed by atoms with E-state index < -0.39 is 0 Å². The van der Waals surface area contributed by atoms with E-state index in [-0.39, 0.29) is 0 Å². The quantitative estimate of drug-likeness (QED) is 0.801. The van der Waals surface area contributed by atoms with Crippen LogP contribution in [0.25, 0.3) is 0 Å². The first-order chi connectivity index (χ1) is 8.56. The van der Waals surface area contributed by atoms with Crippen molar-refractivity contribution in [1.29, 1.82) is 0 Å².